The second kappa shape index (κ2) is 9.91. The molecule has 1 heterocycles. The highest BCUT2D eigenvalue weighted by Gasteiger charge is 2.23. The van der Waals surface area contributed by atoms with E-state index in [2.05, 4.69) is 30.9 Å². The van der Waals surface area contributed by atoms with Crippen molar-refractivity contribution in [2.75, 3.05) is 44.3 Å². The summed E-state index contributed by atoms with van der Waals surface area (Å²) in [5.74, 6) is -0.575. The number of carbonyl (C=O) groups is 3. The summed E-state index contributed by atoms with van der Waals surface area (Å²) in [6, 6.07) is 12.8. The molecule has 7 heteroatoms. The maximum Gasteiger partial charge on any atom is 0.344 e. The number of benzene rings is 2. The SMILES string of the molecule is Cc1cccc(N2CCN(C(=O)COC(=O)COc3ccccc3C=O)CC2)c1C. The van der Waals surface area contributed by atoms with Crippen LogP contribution in [0.5, 0.6) is 5.75 Å². The smallest absolute Gasteiger partial charge is 0.344 e. The highest BCUT2D eigenvalue weighted by Crippen LogP contribution is 2.23. The van der Waals surface area contributed by atoms with Crippen LogP contribution in [-0.2, 0) is 14.3 Å². The molecule has 1 amide bonds. The second-order valence-corrected chi connectivity index (χ2v) is 7.19. The Morgan fingerprint density at radius 3 is 2.43 bits per heavy atom. The molecule has 1 saturated heterocycles. The molecule has 0 saturated carbocycles. The maximum atomic E-state index is 12.4. The van der Waals surface area contributed by atoms with Gasteiger partial charge in [0.05, 0.1) is 5.56 Å². The summed E-state index contributed by atoms with van der Waals surface area (Å²) in [5, 5.41) is 0. The lowest BCUT2D eigenvalue weighted by atomic mass is 10.1. The average molecular weight is 410 g/mol. The minimum Gasteiger partial charge on any atom is -0.481 e. The third-order valence-corrected chi connectivity index (χ3v) is 5.30. The molecule has 1 fully saturated rings. The topological polar surface area (TPSA) is 76.2 Å². The van der Waals surface area contributed by atoms with Crippen LogP contribution < -0.4 is 9.64 Å². The molecule has 7 nitrogen and oxygen atoms in total. The molecule has 3 rings (SSSR count). The number of anilines is 1. The van der Waals surface area contributed by atoms with Crippen molar-refractivity contribution in [3.63, 3.8) is 0 Å². The van der Waals surface area contributed by atoms with Crippen molar-refractivity contribution < 1.29 is 23.9 Å². The Hall–Kier alpha value is -3.35. The first-order valence-electron chi connectivity index (χ1n) is 9.91. The number of hydrogen-bond acceptors (Lipinski definition) is 6. The Balaban J connectivity index is 1.43. The van der Waals surface area contributed by atoms with Crippen molar-refractivity contribution in [2.45, 2.75) is 13.8 Å². The van der Waals surface area contributed by atoms with Crippen LogP contribution in [0.15, 0.2) is 42.5 Å². The molecular weight excluding hydrogens is 384 g/mol. The summed E-state index contributed by atoms with van der Waals surface area (Å²) in [5.41, 5.74) is 4.04. The van der Waals surface area contributed by atoms with Gasteiger partial charge in [-0.15, -0.1) is 0 Å². The van der Waals surface area contributed by atoms with Gasteiger partial charge in [0.25, 0.3) is 5.91 Å². The number of carbonyl (C=O) groups excluding carboxylic acids is 3. The number of aldehydes is 1. The lowest BCUT2D eigenvalue weighted by Gasteiger charge is -2.37. The Kier molecular flexibility index (Phi) is 7.06. The number of hydrogen-bond donors (Lipinski definition) is 0. The molecule has 0 bridgehead atoms. The van der Waals surface area contributed by atoms with Crippen molar-refractivity contribution in [3.8, 4) is 5.75 Å². The molecule has 0 N–H and O–H groups in total. The number of rotatable bonds is 7. The van der Waals surface area contributed by atoms with Crippen molar-refractivity contribution in [1.82, 2.24) is 4.90 Å². The zero-order chi connectivity index (χ0) is 21.5. The molecule has 2 aromatic rings. The zero-order valence-corrected chi connectivity index (χ0v) is 17.3. The number of para-hydroxylation sites is 1. The molecule has 0 unspecified atom stereocenters. The van der Waals surface area contributed by atoms with Crippen LogP contribution in [0.3, 0.4) is 0 Å². The van der Waals surface area contributed by atoms with E-state index >= 15 is 0 Å². The van der Waals surface area contributed by atoms with Crippen LogP contribution >= 0.6 is 0 Å². The average Bonchev–Trinajstić information content (AvgIpc) is 2.78. The quantitative estimate of drug-likeness (QED) is 0.515. The summed E-state index contributed by atoms with van der Waals surface area (Å²) in [4.78, 5) is 39.2. The molecule has 158 valence electrons. The van der Waals surface area contributed by atoms with Crippen molar-refractivity contribution >= 4 is 23.9 Å². The summed E-state index contributed by atoms with van der Waals surface area (Å²) in [6.07, 6.45) is 0.655. The molecule has 0 radical (unpaired) electrons. The number of nitrogens with zero attached hydrogens (tertiary/aromatic N) is 2. The summed E-state index contributed by atoms with van der Waals surface area (Å²) in [6.45, 7) is 6.13. The van der Waals surface area contributed by atoms with Gasteiger partial charge in [-0.1, -0.05) is 24.3 Å². The molecule has 0 aliphatic carbocycles. The molecular formula is C23H26N2O5. The van der Waals surface area contributed by atoms with E-state index in [1.807, 2.05) is 6.07 Å². The van der Waals surface area contributed by atoms with Gasteiger partial charge in [0.2, 0.25) is 0 Å². The van der Waals surface area contributed by atoms with Crippen molar-refractivity contribution in [1.29, 1.82) is 0 Å². The minimum absolute atomic E-state index is 0.225. The molecule has 0 atom stereocenters. The van der Waals surface area contributed by atoms with E-state index in [4.69, 9.17) is 9.47 Å². The van der Waals surface area contributed by atoms with E-state index in [-0.39, 0.29) is 19.1 Å². The standard InChI is InChI=1S/C23H26N2O5/c1-17-6-5-8-20(18(17)2)24-10-12-25(13-11-24)22(27)15-30-23(28)16-29-21-9-4-3-7-19(21)14-26/h3-9,14H,10-13,15-16H2,1-2H3. The highest BCUT2D eigenvalue weighted by molar-refractivity contribution is 5.82. The normalized spacial score (nSPS) is 13.7. The van der Waals surface area contributed by atoms with Gasteiger partial charge >= 0.3 is 5.97 Å². The molecule has 30 heavy (non-hydrogen) atoms. The Bertz CT molecular complexity index is 920. The first kappa shape index (κ1) is 21.4. The number of esters is 1. The lowest BCUT2D eigenvalue weighted by molar-refractivity contribution is -0.153. The molecule has 1 aliphatic rings. The predicted molar refractivity (Wildman–Crippen MR) is 113 cm³/mol. The largest absolute Gasteiger partial charge is 0.481 e. The monoisotopic (exact) mass is 410 g/mol. The van der Waals surface area contributed by atoms with Gasteiger partial charge in [-0.3, -0.25) is 9.59 Å². The Morgan fingerprint density at radius 2 is 1.70 bits per heavy atom. The van der Waals surface area contributed by atoms with E-state index in [1.165, 1.54) is 16.8 Å². The number of amides is 1. The third-order valence-electron chi connectivity index (χ3n) is 5.30. The molecule has 2 aromatic carbocycles. The molecule has 0 aromatic heterocycles. The summed E-state index contributed by atoms with van der Waals surface area (Å²) < 4.78 is 10.4. The van der Waals surface area contributed by atoms with Gasteiger partial charge in [0, 0.05) is 31.9 Å². The highest BCUT2D eigenvalue weighted by atomic mass is 16.6. The van der Waals surface area contributed by atoms with E-state index in [0.29, 0.717) is 30.7 Å². The van der Waals surface area contributed by atoms with Crippen LogP contribution in [0.4, 0.5) is 5.69 Å². The first-order valence-corrected chi connectivity index (χ1v) is 9.91. The van der Waals surface area contributed by atoms with Crippen LogP contribution in [0.2, 0.25) is 0 Å². The summed E-state index contributed by atoms with van der Waals surface area (Å²) >= 11 is 0. The van der Waals surface area contributed by atoms with Crippen LogP contribution in [0.25, 0.3) is 0 Å². The minimum atomic E-state index is -0.655. The van der Waals surface area contributed by atoms with Crippen LogP contribution in [0, 0.1) is 13.8 Å². The molecule has 0 spiro atoms. The lowest BCUT2D eigenvalue weighted by Crippen LogP contribution is -2.50. The van der Waals surface area contributed by atoms with E-state index < -0.39 is 5.97 Å². The van der Waals surface area contributed by atoms with Gasteiger partial charge < -0.3 is 19.3 Å². The van der Waals surface area contributed by atoms with Gasteiger partial charge in [0.1, 0.15) is 5.75 Å². The van der Waals surface area contributed by atoms with Crippen molar-refractivity contribution in [2.24, 2.45) is 0 Å². The van der Waals surface area contributed by atoms with Gasteiger partial charge in [-0.25, -0.2) is 4.79 Å². The summed E-state index contributed by atoms with van der Waals surface area (Å²) in [7, 11) is 0. The van der Waals surface area contributed by atoms with Gasteiger partial charge in [0.15, 0.2) is 19.5 Å². The van der Waals surface area contributed by atoms with Crippen LogP contribution in [0.1, 0.15) is 21.5 Å². The zero-order valence-electron chi connectivity index (χ0n) is 17.3. The van der Waals surface area contributed by atoms with E-state index in [1.54, 1.807) is 29.2 Å². The van der Waals surface area contributed by atoms with Gasteiger partial charge in [-0.05, 0) is 43.2 Å². The third kappa shape index (κ3) is 5.17. The Morgan fingerprint density at radius 1 is 0.967 bits per heavy atom. The molecule has 1 aliphatic heterocycles. The van der Waals surface area contributed by atoms with Crippen LogP contribution in [-0.4, -0.2) is 62.5 Å². The first-order chi connectivity index (χ1) is 14.5. The number of ether oxygens (including phenoxy) is 2. The van der Waals surface area contributed by atoms with Crippen molar-refractivity contribution in [3.05, 3.63) is 59.2 Å². The fourth-order valence-corrected chi connectivity index (χ4v) is 3.40. The fraction of sp³-hybridized carbons (Fsp3) is 0.348. The Labute approximate surface area is 176 Å². The fourth-order valence-electron chi connectivity index (χ4n) is 3.40. The van der Waals surface area contributed by atoms with Gasteiger partial charge in [-0.2, -0.15) is 0 Å². The predicted octanol–water partition coefficient (Wildman–Crippen LogP) is 2.39. The van der Waals surface area contributed by atoms with E-state index in [9.17, 15) is 14.4 Å². The second-order valence-electron chi connectivity index (χ2n) is 7.19. The number of piperazine rings is 1. The van der Waals surface area contributed by atoms with E-state index in [0.717, 1.165) is 13.1 Å². The number of aryl methyl sites for hydroxylation is 1. The maximum absolute atomic E-state index is 12.4.